The monoisotopic (exact) mass is 319 g/mol. The maximum atomic E-state index is 12.1. The highest BCUT2D eigenvalue weighted by Gasteiger charge is 2.15. The average Bonchev–Trinajstić information content (AvgIpc) is 3.03. The maximum Gasteiger partial charge on any atom is 0.264 e. The molecule has 2 heterocycles. The molecule has 2 aromatic rings. The van der Waals surface area contributed by atoms with E-state index in [9.17, 15) is 4.79 Å². The highest BCUT2D eigenvalue weighted by Crippen LogP contribution is 2.30. The Morgan fingerprint density at radius 2 is 2.14 bits per heavy atom. The van der Waals surface area contributed by atoms with Crippen molar-refractivity contribution in [3.63, 3.8) is 0 Å². The predicted octanol–water partition coefficient (Wildman–Crippen LogP) is 1.84. The SMILES string of the molecule is CCc1nnsc1C(=O)NCCc1ccc2c(c1)OCCO2. The Hall–Kier alpha value is -2.15. The molecule has 116 valence electrons. The predicted molar refractivity (Wildman–Crippen MR) is 82.8 cm³/mol. The summed E-state index contributed by atoms with van der Waals surface area (Å²) in [4.78, 5) is 12.7. The van der Waals surface area contributed by atoms with Gasteiger partial charge in [0.1, 0.15) is 18.1 Å². The number of nitrogens with one attached hydrogen (secondary N) is 1. The van der Waals surface area contributed by atoms with Gasteiger partial charge in [0.25, 0.3) is 5.91 Å². The number of rotatable bonds is 5. The van der Waals surface area contributed by atoms with Gasteiger partial charge in [-0.05, 0) is 42.1 Å². The minimum absolute atomic E-state index is 0.107. The third-order valence-electron chi connectivity index (χ3n) is 3.40. The fourth-order valence-electron chi connectivity index (χ4n) is 2.26. The quantitative estimate of drug-likeness (QED) is 0.910. The molecule has 1 aliphatic heterocycles. The standard InChI is InChI=1S/C15H17N3O3S/c1-2-11-14(22-18-17-11)15(19)16-6-5-10-3-4-12-13(9-10)21-8-7-20-12/h3-4,9H,2,5-8H2,1H3,(H,16,19). The van der Waals surface area contributed by atoms with E-state index in [-0.39, 0.29) is 5.91 Å². The first-order valence-corrected chi connectivity index (χ1v) is 8.03. The van der Waals surface area contributed by atoms with Crippen molar-refractivity contribution < 1.29 is 14.3 Å². The van der Waals surface area contributed by atoms with Crippen LogP contribution in [0.25, 0.3) is 0 Å². The highest BCUT2D eigenvalue weighted by molar-refractivity contribution is 7.08. The lowest BCUT2D eigenvalue weighted by molar-refractivity contribution is 0.0957. The lowest BCUT2D eigenvalue weighted by atomic mass is 10.1. The van der Waals surface area contributed by atoms with Crippen molar-refractivity contribution in [1.82, 2.24) is 14.9 Å². The summed E-state index contributed by atoms with van der Waals surface area (Å²) in [7, 11) is 0. The molecule has 0 bridgehead atoms. The van der Waals surface area contributed by atoms with E-state index in [1.54, 1.807) is 0 Å². The number of fused-ring (bicyclic) bond motifs is 1. The van der Waals surface area contributed by atoms with Crippen molar-refractivity contribution in [2.45, 2.75) is 19.8 Å². The summed E-state index contributed by atoms with van der Waals surface area (Å²) in [5.41, 5.74) is 1.85. The Balaban J connectivity index is 1.56. The van der Waals surface area contributed by atoms with Gasteiger partial charge in [-0.2, -0.15) is 0 Å². The zero-order chi connectivity index (χ0) is 15.4. The molecule has 7 heteroatoms. The number of carbonyl (C=O) groups is 1. The Labute approximate surface area is 132 Å². The molecule has 0 aliphatic carbocycles. The fraction of sp³-hybridized carbons (Fsp3) is 0.400. The number of ether oxygens (including phenoxy) is 2. The first-order chi connectivity index (χ1) is 10.8. The zero-order valence-electron chi connectivity index (χ0n) is 12.3. The van der Waals surface area contributed by atoms with E-state index in [4.69, 9.17) is 9.47 Å². The van der Waals surface area contributed by atoms with Crippen molar-refractivity contribution in [3.05, 3.63) is 34.3 Å². The lowest BCUT2D eigenvalue weighted by Crippen LogP contribution is -2.25. The minimum atomic E-state index is -0.107. The largest absolute Gasteiger partial charge is 0.486 e. The molecule has 1 aliphatic rings. The third-order valence-corrected chi connectivity index (χ3v) is 4.17. The summed E-state index contributed by atoms with van der Waals surface area (Å²) < 4.78 is 14.9. The molecule has 0 atom stereocenters. The summed E-state index contributed by atoms with van der Waals surface area (Å²) in [5.74, 6) is 1.45. The molecular weight excluding hydrogens is 302 g/mol. The molecule has 0 fully saturated rings. The van der Waals surface area contributed by atoms with Crippen LogP contribution in [-0.4, -0.2) is 35.3 Å². The molecule has 0 unspecified atom stereocenters. The number of hydrogen-bond donors (Lipinski definition) is 1. The van der Waals surface area contributed by atoms with Gasteiger partial charge in [0.2, 0.25) is 0 Å². The smallest absolute Gasteiger partial charge is 0.264 e. The molecule has 22 heavy (non-hydrogen) atoms. The number of benzene rings is 1. The Morgan fingerprint density at radius 3 is 2.95 bits per heavy atom. The maximum absolute atomic E-state index is 12.1. The summed E-state index contributed by atoms with van der Waals surface area (Å²) in [6, 6.07) is 5.87. The molecule has 1 aromatic carbocycles. The highest BCUT2D eigenvalue weighted by atomic mass is 32.1. The molecule has 3 rings (SSSR count). The van der Waals surface area contributed by atoms with Crippen molar-refractivity contribution in [1.29, 1.82) is 0 Å². The van der Waals surface area contributed by atoms with E-state index in [0.29, 0.717) is 31.1 Å². The van der Waals surface area contributed by atoms with Crippen LogP contribution in [0.1, 0.15) is 27.9 Å². The summed E-state index contributed by atoms with van der Waals surface area (Å²) >= 11 is 1.14. The van der Waals surface area contributed by atoms with Crippen LogP contribution in [0.5, 0.6) is 11.5 Å². The van der Waals surface area contributed by atoms with Crippen LogP contribution in [0.15, 0.2) is 18.2 Å². The normalized spacial score (nSPS) is 13.0. The Bertz CT molecular complexity index is 672. The number of hydrogen-bond acceptors (Lipinski definition) is 6. The van der Waals surface area contributed by atoms with E-state index >= 15 is 0 Å². The lowest BCUT2D eigenvalue weighted by Gasteiger charge is -2.18. The van der Waals surface area contributed by atoms with Crippen molar-refractivity contribution in [3.8, 4) is 11.5 Å². The third kappa shape index (κ3) is 3.19. The number of nitrogens with zero attached hydrogens (tertiary/aromatic N) is 2. The summed E-state index contributed by atoms with van der Waals surface area (Å²) in [5, 5.41) is 6.86. The number of aryl methyl sites for hydroxylation is 1. The topological polar surface area (TPSA) is 73.3 Å². The second-order valence-electron chi connectivity index (χ2n) is 4.89. The minimum Gasteiger partial charge on any atom is -0.486 e. The summed E-state index contributed by atoms with van der Waals surface area (Å²) in [6.07, 6.45) is 1.44. The zero-order valence-corrected chi connectivity index (χ0v) is 13.1. The van der Waals surface area contributed by atoms with E-state index in [0.717, 1.165) is 40.7 Å². The van der Waals surface area contributed by atoms with Gasteiger partial charge in [-0.3, -0.25) is 4.79 Å². The van der Waals surface area contributed by atoms with Crippen LogP contribution in [0.2, 0.25) is 0 Å². The van der Waals surface area contributed by atoms with Gasteiger partial charge in [0.15, 0.2) is 11.5 Å². The van der Waals surface area contributed by atoms with Gasteiger partial charge in [0.05, 0.1) is 5.69 Å². The van der Waals surface area contributed by atoms with Crippen LogP contribution in [-0.2, 0) is 12.8 Å². The molecule has 1 aromatic heterocycles. The van der Waals surface area contributed by atoms with Gasteiger partial charge in [0, 0.05) is 6.54 Å². The van der Waals surface area contributed by atoms with Gasteiger partial charge < -0.3 is 14.8 Å². The summed E-state index contributed by atoms with van der Waals surface area (Å²) in [6.45, 7) is 3.68. The second-order valence-corrected chi connectivity index (χ2v) is 5.64. The van der Waals surface area contributed by atoms with Gasteiger partial charge in [-0.15, -0.1) is 5.10 Å². The van der Waals surface area contributed by atoms with E-state index in [1.807, 2.05) is 25.1 Å². The van der Waals surface area contributed by atoms with Gasteiger partial charge >= 0.3 is 0 Å². The first kappa shape index (κ1) is 14.8. The van der Waals surface area contributed by atoms with Crippen molar-refractivity contribution in [2.24, 2.45) is 0 Å². The Kier molecular flexibility index (Phi) is 4.53. The van der Waals surface area contributed by atoms with Crippen molar-refractivity contribution >= 4 is 17.4 Å². The van der Waals surface area contributed by atoms with Crippen LogP contribution >= 0.6 is 11.5 Å². The van der Waals surface area contributed by atoms with Crippen LogP contribution in [0.4, 0.5) is 0 Å². The molecule has 1 N–H and O–H groups in total. The van der Waals surface area contributed by atoms with Gasteiger partial charge in [-0.1, -0.05) is 17.5 Å². The molecule has 0 saturated heterocycles. The van der Waals surface area contributed by atoms with E-state index in [1.165, 1.54) is 0 Å². The van der Waals surface area contributed by atoms with E-state index < -0.39 is 0 Å². The average molecular weight is 319 g/mol. The first-order valence-electron chi connectivity index (χ1n) is 7.26. The van der Waals surface area contributed by atoms with Crippen LogP contribution < -0.4 is 14.8 Å². The molecule has 6 nitrogen and oxygen atoms in total. The Morgan fingerprint density at radius 1 is 1.32 bits per heavy atom. The molecule has 0 spiro atoms. The molecule has 0 radical (unpaired) electrons. The second kappa shape index (κ2) is 6.74. The van der Waals surface area contributed by atoms with Crippen LogP contribution in [0.3, 0.4) is 0 Å². The number of aromatic nitrogens is 2. The van der Waals surface area contributed by atoms with Crippen LogP contribution in [0, 0.1) is 0 Å². The van der Waals surface area contributed by atoms with E-state index in [2.05, 4.69) is 14.9 Å². The number of amides is 1. The molecule has 0 saturated carbocycles. The fourth-order valence-corrected chi connectivity index (χ4v) is 2.92. The van der Waals surface area contributed by atoms with Crippen molar-refractivity contribution in [2.75, 3.05) is 19.8 Å². The van der Waals surface area contributed by atoms with Gasteiger partial charge in [-0.25, -0.2) is 0 Å². The molecule has 1 amide bonds. The number of carbonyl (C=O) groups excluding carboxylic acids is 1. The molecular formula is C15H17N3O3S.